The van der Waals surface area contributed by atoms with Crippen molar-refractivity contribution in [2.45, 2.75) is 72.1 Å². The average Bonchev–Trinajstić information content (AvgIpc) is 3.26. The van der Waals surface area contributed by atoms with Gasteiger partial charge in [0.2, 0.25) is 5.89 Å². The molecule has 3 rings (SSSR count). The van der Waals surface area contributed by atoms with Crippen molar-refractivity contribution in [3.8, 4) is 0 Å². The lowest BCUT2D eigenvalue weighted by Gasteiger charge is -2.31. The molecule has 0 unspecified atom stereocenters. The molecular formula is C20H33N5O2. The molecule has 7 nitrogen and oxygen atoms in total. The van der Waals surface area contributed by atoms with Crippen LogP contribution in [0.1, 0.15) is 63.9 Å². The van der Waals surface area contributed by atoms with Gasteiger partial charge in [0.25, 0.3) is 0 Å². The van der Waals surface area contributed by atoms with Gasteiger partial charge in [-0.15, -0.1) is 0 Å². The second kappa shape index (κ2) is 9.46. The summed E-state index contributed by atoms with van der Waals surface area (Å²) >= 11 is 0. The number of rotatable bonds is 9. The number of hydrogen-bond acceptors (Lipinski definition) is 6. The predicted octanol–water partition coefficient (Wildman–Crippen LogP) is 3.27. The molecule has 150 valence electrons. The van der Waals surface area contributed by atoms with Gasteiger partial charge in [-0.1, -0.05) is 19.0 Å². The maximum absolute atomic E-state index is 6.05. The fourth-order valence-corrected chi connectivity index (χ4v) is 3.37. The first-order chi connectivity index (χ1) is 13.0. The van der Waals surface area contributed by atoms with Crippen LogP contribution in [0.2, 0.25) is 0 Å². The van der Waals surface area contributed by atoms with E-state index in [1.54, 1.807) is 0 Å². The summed E-state index contributed by atoms with van der Waals surface area (Å²) in [7, 11) is 0. The van der Waals surface area contributed by atoms with Crippen LogP contribution in [-0.4, -0.2) is 50.6 Å². The van der Waals surface area contributed by atoms with Crippen LogP contribution in [0.25, 0.3) is 0 Å². The van der Waals surface area contributed by atoms with E-state index in [9.17, 15) is 0 Å². The number of piperidine rings is 1. The Morgan fingerprint density at radius 2 is 2.00 bits per heavy atom. The molecule has 2 aromatic heterocycles. The molecule has 27 heavy (non-hydrogen) atoms. The third-order valence-corrected chi connectivity index (χ3v) is 4.90. The SMILES string of the molecule is CC(C)Cc1nc(CCOC2CCN(Cc3cnn(C(C)C)c3)CC2)no1. The summed E-state index contributed by atoms with van der Waals surface area (Å²) in [4.78, 5) is 6.92. The van der Waals surface area contributed by atoms with Gasteiger partial charge >= 0.3 is 0 Å². The van der Waals surface area contributed by atoms with Crippen molar-refractivity contribution in [3.05, 3.63) is 29.7 Å². The van der Waals surface area contributed by atoms with Crippen LogP contribution < -0.4 is 0 Å². The normalized spacial score (nSPS) is 16.7. The van der Waals surface area contributed by atoms with Crippen molar-refractivity contribution in [3.63, 3.8) is 0 Å². The highest BCUT2D eigenvalue weighted by Crippen LogP contribution is 2.17. The Labute approximate surface area is 162 Å². The van der Waals surface area contributed by atoms with Crippen molar-refractivity contribution in [2.24, 2.45) is 5.92 Å². The van der Waals surface area contributed by atoms with Gasteiger partial charge in [-0.3, -0.25) is 9.58 Å². The Hall–Kier alpha value is -1.73. The van der Waals surface area contributed by atoms with Crippen LogP contribution >= 0.6 is 0 Å². The highest BCUT2D eigenvalue weighted by atomic mass is 16.5. The van der Waals surface area contributed by atoms with Crippen molar-refractivity contribution in [1.82, 2.24) is 24.8 Å². The number of aromatic nitrogens is 4. The average molecular weight is 376 g/mol. The first kappa shape index (κ1) is 20.0. The number of ether oxygens (including phenoxy) is 1. The lowest BCUT2D eigenvalue weighted by atomic mass is 10.1. The molecule has 0 spiro atoms. The molecule has 1 aliphatic heterocycles. The van der Waals surface area contributed by atoms with E-state index in [-0.39, 0.29) is 0 Å². The molecule has 0 atom stereocenters. The van der Waals surface area contributed by atoms with Gasteiger partial charge in [0.1, 0.15) is 0 Å². The van der Waals surface area contributed by atoms with Gasteiger partial charge in [0.05, 0.1) is 18.9 Å². The van der Waals surface area contributed by atoms with Crippen LogP contribution in [0.4, 0.5) is 0 Å². The van der Waals surface area contributed by atoms with E-state index in [0.29, 0.717) is 24.7 Å². The molecule has 0 aliphatic carbocycles. The minimum atomic E-state index is 0.335. The van der Waals surface area contributed by atoms with E-state index in [1.807, 2.05) is 10.9 Å². The number of likely N-dealkylation sites (tertiary alicyclic amines) is 1. The Kier molecular flexibility index (Phi) is 7.01. The molecule has 1 saturated heterocycles. The summed E-state index contributed by atoms with van der Waals surface area (Å²) in [6, 6.07) is 0.415. The fraction of sp³-hybridized carbons (Fsp3) is 0.750. The zero-order valence-electron chi connectivity index (χ0n) is 17.1. The third-order valence-electron chi connectivity index (χ3n) is 4.90. The highest BCUT2D eigenvalue weighted by Gasteiger charge is 2.20. The Morgan fingerprint density at radius 1 is 1.22 bits per heavy atom. The van der Waals surface area contributed by atoms with Gasteiger partial charge in [0.15, 0.2) is 5.82 Å². The molecule has 1 aliphatic rings. The molecule has 0 bridgehead atoms. The molecule has 0 radical (unpaired) electrons. The molecule has 3 heterocycles. The molecule has 7 heteroatoms. The van der Waals surface area contributed by atoms with Gasteiger partial charge < -0.3 is 9.26 Å². The minimum absolute atomic E-state index is 0.335. The van der Waals surface area contributed by atoms with Crippen molar-refractivity contribution in [2.75, 3.05) is 19.7 Å². The van der Waals surface area contributed by atoms with E-state index in [4.69, 9.17) is 9.26 Å². The first-order valence-corrected chi connectivity index (χ1v) is 10.2. The maximum Gasteiger partial charge on any atom is 0.226 e. The highest BCUT2D eigenvalue weighted by molar-refractivity contribution is 5.04. The van der Waals surface area contributed by atoms with Crippen LogP contribution in [0.5, 0.6) is 0 Å². The molecule has 0 N–H and O–H groups in total. The van der Waals surface area contributed by atoms with Crippen LogP contribution in [0.15, 0.2) is 16.9 Å². The topological polar surface area (TPSA) is 69.2 Å². The fourth-order valence-electron chi connectivity index (χ4n) is 3.37. The molecule has 1 fully saturated rings. The number of hydrogen-bond donors (Lipinski definition) is 0. The summed E-state index contributed by atoms with van der Waals surface area (Å²) in [5, 5.41) is 8.47. The standard InChI is InChI=1S/C20H33N5O2/c1-15(2)11-20-22-19(23-27-20)7-10-26-18-5-8-24(9-6-18)13-17-12-21-25(14-17)16(3)4/h12,14-16,18H,5-11,13H2,1-4H3. The summed E-state index contributed by atoms with van der Waals surface area (Å²) in [5.74, 6) is 2.01. The zero-order valence-corrected chi connectivity index (χ0v) is 17.1. The van der Waals surface area contributed by atoms with E-state index < -0.39 is 0 Å². The lowest BCUT2D eigenvalue weighted by molar-refractivity contribution is 0.00675. The predicted molar refractivity (Wildman–Crippen MR) is 103 cm³/mol. The largest absolute Gasteiger partial charge is 0.378 e. The minimum Gasteiger partial charge on any atom is -0.378 e. The van der Waals surface area contributed by atoms with E-state index in [0.717, 1.165) is 57.0 Å². The molecular weight excluding hydrogens is 342 g/mol. The van der Waals surface area contributed by atoms with Crippen LogP contribution in [0, 0.1) is 5.92 Å². The van der Waals surface area contributed by atoms with Crippen molar-refractivity contribution in [1.29, 1.82) is 0 Å². The smallest absolute Gasteiger partial charge is 0.226 e. The Bertz CT molecular complexity index is 686. The third kappa shape index (κ3) is 6.14. The second-order valence-electron chi connectivity index (χ2n) is 8.22. The van der Waals surface area contributed by atoms with Gasteiger partial charge in [-0.05, 0) is 32.6 Å². The molecule has 2 aromatic rings. The molecule has 0 saturated carbocycles. The Balaban J connectivity index is 1.34. The van der Waals surface area contributed by atoms with Crippen molar-refractivity contribution >= 4 is 0 Å². The monoisotopic (exact) mass is 375 g/mol. The summed E-state index contributed by atoms with van der Waals surface area (Å²) < 4.78 is 13.3. The summed E-state index contributed by atoms with van der Waals surface area (Å²) in [5.41, 5.74) is 1.29. The van der Waals surface area contributed by atoms with E-state index in [2.05, 4.69) is 54.0 Å². The quantitative estimate of drug-likeness (QED) is 0.670. The first-order valence-electron chi connectivity index (χ1n) is 10.2. The van der Waals surface area contributed by atoms with Crippen LogP contribution in [-0.2, 0) is 24.1 Å². The lowest BCUT2D eigenvalue weighted by Crippen LogP contribution is -2.36. The van der Waals surface area contributed by atoms with Gasteiger partial charge in [-0.2, -0.15) is 10.1 Å². The molecule has 0 amide bonds. The summed E-state index contributed by atoms with van der Waals surface area (Å²) in [6.07, 6.45) is 8.18. The Morgan fingerprint density at radius 3 is 2.67 bits per heavy atom. The van der Waals surface area contributed by atoms with Crippen LogP contribution in [0.3, 0.4) is 0 Å². The second-order valence-corrected chi connectivity index (χ2v) is 8.22. The number of nitrogens with zero attached hydrogens (tertiary/aromatic N) is 5. The van der Waals surface area contributed by atoms with E-state index >= 15 is 0 Å². The van der Waals surface area contributed by atoms with Gasteiger partial charge in [-0.25, -0.2) is 0 Å². The summed E-state index contributed by atoms with van der Waals surface area (Å²) in [6.45, 7) is 12.4. The van der Waals surface area contributed by atoms with Crippen molar-refractivity contribution < 1.29 is 9.26 Å². The van der Waals surface area contributed by atoms with Gasteiger partial charge in [0, 0.05) is 50.3 Å². The van der Waals surface area contributed by atoms with E-state index in [1.165, 1.54) is 5.56 Å². The maximum atomic E-state index is 6.05. The zero-order chi connectivity index (χ0) is 19.2. The molecule has 0 aromatic carbocycles.